The Hall–Kier alpha value is 0.210. The fourth-order valence-electron chi connectivity index (χ4n) is 0.818. The van der Waals surface area contributed by atoms with Gasteiger partial charge in [-0.05, 0) is 27.3 Å². The van der Waals surface area contributed by atoms with E-state index in [1.54, 1.807) is 7.11 Å². The van der Waals surface area contributed by atoms with E-state index in [4.69, 9.17) is 16.3 Å². The zero-order valence-electron chi connectivity index (χ0n) is 8.56. The van der Waals surface area contributed by atoms with Gasteiger partial charge in [0, 0.05) is 26.1 Å². The Kier molecular flexibility index (Phi) is 5.89. The first-order valence-corrected chi connectivity index (χ1v) is 4.85. The Morgan fingerprint density at radius 1 is 1.33 bits per heavy atom. The van der Waals surface area contributed by atoms with Gasteiger partial charge in [-0.2, -0.15) is 0 Å². The molecule has 0 aromatic heterocycles. The quantitative estimate of drug-likeness (QED) is 0.599. The van der Waals surface area contributed by atoms with Crippen molar-refractivity contribution in [1.82, 2.24) is 4.90 Å². The van der Waals surface area contributed by atoms with Crippen molar-refractivity contribution in [2.75, 3.05) is 33.1 Å². The molecule has 0 aromatic rings. The molecule has 0 atom stereocenters. The molecular weight excluding hydrogens is 174 g/mol. The fraction of sp³-hybridized carbons (Fsp3) is 1.00. The molecule has 3 heteroatoms. The summed E-state index contributed by atoms with van der Waals surface area (Å²) in [5.41, 5.74) is -0.0133. The van der Waals surface area contributed by atoms with E-state index >= 15 is 0 Å². The Balaban J connectivity index is 3.52. The van der Waals surface area contributed by atoms with Gasteiger partial charge in [-0.15, -0.1) is 11.6 Å². The minimum atomic E-state index is -0.0133. The minimum absolute atomic E-state index is 0.0133. The van der Waals surface area contributed by atoms with E-state index in [1.807, 2.05) is 0 Å². The second kappa shape index (κ2) is 5.79. The number of ether oxygens (including phenoxy) is 1. The van der Waals surface area contributed by atoms with Crippen molar-refractivity contribution in [2.45, 2.75) is 25.9 Å². The minimum Gasteiger partial charge on any atom is -0.379 e. The monoisotopic (exact) mass is 193 g/mol. The Bertz CT molecular complexity index is 117. The summed E-state index contributed by atoms with van der Waals surface area (Å²) in [6.45, 7) is 6.18. The van der Waals surface area contributed by atoms with Gasteiger partial charge >= 0.3 is 0 Å². The van der Waals surface area contributed by atoms with Gasteiger partial charge in [-0.25, -0.2) is 0 Å². The molecular formula is C9H20ClNO. The molecule has 0 radical (unpaired) electrons. The molecule has 0 aromatic carbocycles. The van der Waals surface area contributed by atoms with Gasteiger partial charge < -0.3 is 9.64 Å². The third-order valence-electron chi connectivity index (χ3n) is 2.11. The van der Waals surface area contributed by atoms with Crippen molar-refractivity contribution in [2.24, 2.45) is 0 Å². The molecule has 0 rings (SSSR count). The second-order valence-corrected chi connectivity index (χ2v) is 4.08. The highest BCUT2D eigenvalue weighted by Crippen LogP contribution is 2.12. The highest BCUT2D eigenvalue weighted by Gasteiger charge is 2.16. The topological polar surface area (TPSA) is 12.5 Å². The maximum absolute atomic E-state index is 5.61. The van der Waals surface area contributed by atoms with Gasteiger partial charge in [0.25, 0.3) is 0 Å². The Morgan fingerprint density at radius 2 is 1.92 bits per heavy atom. The van der Waals surface area contributed by atoms with Crippen LogP contribution in [0.5, 0.6) is 0 Å². The second-order valence-electron chi connectivity index (χ2n) is 3.71. The number of halogens is 1. The molecule has 2 nitrogen and oxygen atoms in total. The highest BCUT2D eigenvalue weighted by atomic mass is 35.5. The van der Waals surface area contributed by atoms with E-state index in [9.17, 15) is 0 Å². The summed E-state index contributed by atoms with van der Waals surface area (Å²) in [4.78, 5) is 2.22. The molecule has 0 aliphatic rings. The zero-order valence-corrected chi connectivity index (χ0v) is 9.32. The lowest BCUT2D eigenvalue weighted by molar-refractivity contribution is 0.00949. The molecule has 0 heterocycles. The van der Waals surface area contributed by atoms with Crippen molar-refractivity contribution in [3.05, 3.63) is 0 Å². The Morgan fingerprint density at radius 3 is 2.33 bits per heavy atom. The molecule has 0 saturated carbocycles. The molecule has 0 bridgehead atoms. The molecule has 0 aliphatic heterocycles. The van der Waals surface area contributed by atoms with Gasteiger partial charge in [0.2, 0.25) is 0 Å². The van der Waals surface area contributed by atoms with Crippen LogP contribution in [0.25, 0.3) is 0 Å². The predicted molar refractivity (Wildman–Crippen MR) is 53.9 cm³/mol. The molecule has 0 aliphatic carbocycles. The van der Waals surface area contributed by atoms with Gasteiger partial charge in [0.15, 0.2) is 0 Å². The van der Waals surface area contributed by atoms with Crippen LogP contribution in [0.4, 0.5) is 0 Å². The maximum Gasteiger partial charge on any atom is 0.0634 e. The van der Waals surface area contributed by atoms with Crippen LogP contribution in [0.1, 0.15) is 20.3 Å². The van der Waals surface area contributed by atoms with Crippen LogP contribution in [-0.2, 0) is 4.74 Å². The number of methoxy groups -OCH3 is 1. The first-order valence-electron chi connectivity index (χ1n) is 4.31. The van der Waals surface area contributed by atoms with Crippen LogP contribution in [0.15, 0.2) is 0 Å². The van der Waals surface area contributed by atoms with Crippen LogP contribution in [-0.4, -0.2) is 43.6 Å². The molecule has 0 unspecified atom stereocenters. The number of alkyl halides is 1. The van der Waals surface area contributed by atoms with E-state index < -0.39 is 0 Å². The van der Waals surface area contributed by atoms with Crippen molar-refractivity contribution in [1.29, 1.82) is 0 Å². The summed E-state index contributed by atoms with van der Waals surface area (Å²) < 4.78 is 5.31. The summed E-state index contributed by atoms with van der Waals surface area (Å²) in [6, 6.07) is 0. The van der Waals surface area contributed by atoms with Crippen molar-refractivity contribution in [3.63, 3.8) is 0 Å². The maximum atomic E-state index is 5.61. The van der Waals surface area contributed by atoms with Gasteiger partial charge in [-0.3, -0.25) is 0 Å². The van der Waals surface area contributed by atoms with Crippen LogP contribution in [0.3, 0.4) is 0 Å². The molecule has 74 valence electrons. The summed E-state index contributed by atoms with van der Waals surface area (Å²) in [5.74, 6) is 0.698. The SMILES string of the molecule is COC(C)(C)CCN(C)CCCl. The third kappa shape index (κ3) is 5.81. The number of rotatable bonds is 6. The lowest BCUT2D eigenvalue weighted by Crippen LogP contribution is -2.31. The molecule has 0 amide bonds. The molecule has 0 spiro atoms. The molecule has 0 fully saturated rings. The normalized spacial score (nSPS) is 12.5. The van der Waals surface area contributed by atoms with Crippen LogP contribution >= 0.6 is 11.6 Å². The van der Waals surface area contributed by atoms with Gasteiger partial charge in [-0.1, -0.05) is 0 Å². The van der Waals surface area contributed by atoms with E-state index in [-0.39, 0.29) is 5.60 Å². The molecule has 0 saturated heterocycles. The Labute approximate surface area is 80.8 Å². The van der Waals surface area contributed by atoms with Crippen molar-refractivity contribution >= 4 is 11.6 Å². The number of hydrogen-bond donors (Lipinski definition) is 0. The largest absolute Gasteiger partial charge is 0.379 e. The third-order valence-corrected chi connectivity index (χ3v) is 2.28. The zero-order chi connectivity index (χ0) is 9.61. The molecule has 12 heavy (non-hydrogen) atoms. The fourth-order valence-corrected chi connectivity index (χ4v) is 1.11. The summed E-state index contributed by atoms with van der Waals surface area (Å²) >= 11 is 5.61. The number of hydrogen-bond acceptors (Lipinski definition) is 2. The number of nitrogens with zero attached hydrogens (tertiary/aromatic N) is 1. The van der Waals surface area contributed by atoms with Crippen LogP contribution in [0, 0.1) is 0 Å². The molecule has 0 N–H and O–H groups in total. The summed E-state index contributed by atoms with van der Waals surface area (Å²) in [6.07, 6.45) is 1.04. The van der Waals surface area contributed by atoms with E-state index in [0.29, 0.717) is 5.88 Å². The first-order chi connectivity index (χ1) is 5.52. The lowest BCUT2D eigenvalue weighted by Gasteiger charge is -2.25. The summed E-state index contributed by atoms with van der Waals surface area (Å²) in [5, 5.41) is 0. The smallest absolute Gasteiger partial charge is 0.0634 e. The van der Waals surface area contributed by atoms with Gasteiger partial charge in [0.1, 0.15) is 0 Å². The lowest BCUT2D eigenvalue weighted by atomic mass is 10.1. The first kappa shape index (κ1) is 12.2. The van der Waals surface area contributed by atoms with Gasteiger partial charge in [0.05, 0.1) is 5.60 Å². The van der Waals surface area contributed by atoms with Crippen molar-refractivity contribution < 1.29 is 4.74 Å². The predicted octanol–water partition coefficient (Wildman–Crippen LogP) is 1.97. The van der Waals surface area contributed by atoms with E-state index in [2.05, 4.69) is 25.8 Å². The average molecular weight is 194 g/mol. The van der Waals surface area contributed by atoms with Crippen LogP contribution in [0.2, 0.25) is 0 Å². The van der Waals surface area contributed by atoms with E-state index in [0.717, 1.165) is 19.5 Å². The highest BCUT2D eigenvalue weighted by molar-refractivity contribution is 6.18. The summed E-state index contributed by atoms with van der Waals surface area (Å²) in [7, 11) is 3.83. The standard InChI is InChI=1S/C9H20ClNO/c1-9(2,12-4)5-7-11(3)8-6-10/h5-8H2,1-4H3. The van der Waals surface area contributed by atoms with Crippen LogP contribution < -0.4 is 0 Å². The van der Waals surface area contributed by atoms with Crippen molar-refractivity contribution in [3.8, 4) is 0 Å². The average Bonchev–Trinajstić information content (AvgIpc) is 2.02. The van der Waals surface area contributed by atoms with E-state index in [1.165, 1.54) is 0 Å².